The number of hydrogen-bond acceptors (Lipinski definition) is 3. The zero-order valence-corrected chi connectivity index (χ0v) is 15.3. The van der Waals surface area contributed by atoms with Crippen molar-refractivity contribution in [2.24, 2.45) is 0 Å². The van der Waals surface area contributed by atoms with Crippen molar-refractivity contribution in [2.75, 3.05) is 23.3 Å². The number of amides is 1. The molecule has 0 bridgehead atoms. The van der Waals surface area contributed by atoms with Crippen LogP contribution in [0.1, 0.15) is 53.6 Å². The second kappa shape index (κ2) is 7.92. The predicted octanol–water partition coefficient (Wildman–Crippen LogP) is 4.31. The third-order valence-electron chi connectivity index (χ3n) is 5.44. The van der Waals surface area contributed by atoms with Crippen molar-refractivity contribution < 1.29 is 4.79 Å². The van der Waals surface area contributed by atoms with Gasteiger partial charge >= 0.3 is 0 Å². The van der Waals surface area contributed by atoms with E-state index in [9.17, 15) is 4.79 Å². The van der Waals surface area contributed by atoms with Gasteiger partial charge in [0.2, 0.25) is 0 Å². The van der Waals surface area contributed by atoms with Gasteiger partial charge in [-0.15, -0.1) is 0 Å². The summed E-state index contributed by atoms with van der Waals surface area (Å²) in [6, 6.07) is 14.2. The van der Waals surface area contributed by atoms with Crippen LogP contribution in [0.4, 0.5) is 11.4 Å². The van der Waals surface area contributed by atoms with E-state index < -0.39 is 0 Å². The lowest BCUT2D eigenvalue weighted by Gasteiger charge is -2.28. The minimum Gasteiger partial charge on any atom is -0.371 e. The Morgan fingerprint density at radius 2 is 1.62 bits per heavy atom. The second-order valence-electron chi connectivity index (χ2n) is 7.31. The zero-order chi connectivity index (χ0) is 17.8. The molecule has 1 amide bonds. The number of hydrogen-bond donors (Lipinski definition) is 2. The van der Waals surface area contributed by atoms with Crippen LogP contribution in [-0.2, 0) is 13.1 Å². The van der Waals surface area contributed by atoms with Gasteiger partial charge in [-0.05, 0) is 48.2 Å². The molecule has 0 spiro atoms. The summed E-state index contributed by atoms with van der Waals surface area (Å²) >= 11 is 0. The molecule has 0 aliphatic carbocycles. The van der Waals surface area contributed by atoms with Crippen LogP contribution in [0.15, 0.2) is 42.5 Å². The Labute approximate surface area is 155 Å². The van der Waals surface area contributed by atoms with Gasteiger partial charge < -0.3 is 15.5 Å². The van der Waals surface area contributed by atoms with E-state index in [1.54, 1.807) is 0 Å². The van der Waals surface area contributed by atoms with Gasteiger partial charge in [0, 0.05) is 37.6 Å². The Morgan fingerprint density at radius 1 is 0.885 bits per heavy atom. The number of anilines is 2. The average Bonchev–Trinajstić information content (AvgIpc) is 3.09. The minimum atomic E-state index is -0.0198. The molecule has 136 valence electrons. The molecular weight excluding hydrogens is 322 g/mol. The van der Waals surface area contributed by atoms with E-state index in [1.807, 2.05) is 24.3 Å². The quantitative estimate of drug-likeness (QED) is 0.868. The Bertz CT molecular complexity index is 779. The maximum atomic E-state index is 13.0. The zero-order valence-electron chi connectivity index (χ0n) is 15.3. The first kappa shape index (κ1) is 17.1. The maximum absolute atomic E-state index is 13.0. The summed E-state index contributed by atoms with van der Waals surface area (Å²) in [6.45, 7) is 3.87. The lowest BCUT2D eigenvalue weighted by atomic mass is 10.1. The lowest BCUT2D eigenvalue weighted by molar-refractivity contribution is 0.102. The molecule has 2 aliphatic heterocycles. The number of para-hydroxylation sites is 1. The van der Waals surface area contributed by atoms with Crippen molar-refractivity contribution in [2.45, 2.75) is 45.2 Å². The molecule has 0 atom stereocenters. The van der Waals surface area contributed by atoms with Crippen molar-refractivity contribution in [3.63, 3.8) is 0 Å². The minimum absolute atomic E-state index is 0.0198. The molecular formula is C22H27N3O. The molecule has 2 aromatic carbocycles. The standard InChI is InChI=1S/C22H27N3O/c26-22(24-19-11-10-17-15-23-16-18(17)14-19)20-8-4-5-9-21(20)25-12-6-2-1-3-7-13-25/h4-5,8-11,14,23H,1-3,6-7,12-13,15-16H2,(H,24,26). The summed E-state index contributed by atoms with van der Waals surface area (Å²) in [4.78, 5) is 15.4. The summed E-state index contributed by atoms with van der Waals surface area (Å²) in [5.41, 5.74) is 5.31. The fraction of sp³-hybridized carbons (Fsp3) is 0.409. The van der Waals surface area contributed by atoms with Gasteiger partial charge in [-0.1, -0.05) is 37.5 Å². The molecule has 2 aliphatic rings. The molecule has 26 heavy (non-hydrogen) atoms. The normalized spacial score (nSPS) is 17.3. The third kappa shape index (κ3) is 3.75. The van der Waals surface area contributed by atoms with Crippen molar-refractivity contribution in [1.82, 2.24) is 5.32 Å². The highest BCUT2D eigenvalue weighted by Gasteiger charge is 2.18. The first-order valence-electron chi connectivity index (χ1n) is 9.79. The molecule has 4 nitrogen and oxygen atoms in total. The predicted molar refractivity (Wildman–Crippen MR) is 107 cm³/mol. The summed E-state index contributed by atoms with van der Waals surface area (Å²) in [5.74, 6) is -0.0198. The first-order chi connectivity index (χ1) is 12.8. The number of benzene rings is 2. The topological polar surface area (TPSA) is 44.4 Å². The summed E-state index contributed by atoms with van der Waals surface area (Å²) in [7, 11) is 0. The third-order valence-corrected chi connectivity index (χ3v) is 5.44. The van der Waals surface area contributed by atoms with Gasteiger partial charge in [0.1, 0.15) is 0 Å². The number of nitrogens with one attached hydrogen (secondary N) is 2. The Morgan fingerprint density at radius 3 is 2.46 bits per heavy atom. The highest BCUT2D eigenvalue weighted by atomic mass is 16.1. The molecule has 2 heterocycles. The van der Waals surface area contributed by atoms with Crippen LogP contribution >= 0.6 is 0 Å². The molecule has 0 radical (unpaired) electrons. The summed E-state index contributed by atoms with van der Waals surface area (Å²) in [5, 5.41) is 6.45. The maximum Gasteiger partial charge on any atom is 0.257 e. The Hall–Kier alpha value is -2.33. The van der Waals surface area contributed by atoms with Crippen LogP contribution in [0, 0.1) is 0 Å². The number of carbonyl (C=O) groups excluding carboxylic acids is 1. The molecule has 0 aromatic heterocycles. The van der Waals surface area contributed by atoms with E-state index in [2.05, 4.69) is 33.7 Å². The van der Waals surface area contributed by atoms with Crippen molar-refractivity contribution >= 4 is 17.3 Å². The molecule has 4 heteroatoms. The van der Waals surface area contributed by atoms with Gasteiger partial charge in [-0.3, -0.25) is 4.79 Å². The summed E-state index contributed by atoms with van der Waals surface area (Å²) < 4.78 is 0. The molecule has 4 rings (SSSR count). The van der Waals surface area contributed by atoms with E-state index in [0.717, 1.165) is 43.1 Å². The summed E-state index contributed by atoms with van der Waals surface area (Å²) in [6.07, 6.45) is 6.31. The fourth-order valence-electron chi connectivity index (χ4n) is 4.00. The van der Waals surface area contributed by atoms with Crippen LogP contribution in [-0.4, -0.2) is 19.0 Å². The van der Waals surface area contributed by atoms with Crippen molar-refractivity contribution in [3.05, 3.63) is 59.2 Å². The second-order valence-corrected chi connectivity index (χ2v) is 7.31. The average molecular weight is 349 g/mol. The lowest BCUT2D eigenvalue weighted by Crippen LogP contribution is -2.29. The van der Waals surface area contributed by atoms with Gasteiger partial charge in [0.05, 0.1) is 5.56 Å². The highest BCUT2D eigenvalue weighted by molar-refractivity contribution is 6.08. The number of rotatable bonds is 3. The molecule has 2 N–H and O–H groups in total. The van der Waals surface area contributed by atoms with Gasteiger partial charge in [-0.25, -0.2) is 0 Å². The SMILES string of the molecule is O=C(Nc1ccc2c(c1)CNC2)c1ccccc1N1CCCCCCC1. The number of carbonyl (C=O) groups is 1. The van der Waals surface area contributed by atoms with Crippen LogP contribution < -0.4 is 15.5 Å². The van der Waals surface area contributed by atoms with E-state index in [4.69, 9.17) is 0 Å². The van der Waals surface area contributed by atoms with Gasteiger partial charge in [0.15, 0.2) is 0 Å². The van der Waals surface area contributed by atoms with Gasteiger partial charge in [0.25, 0.3) is 5.91 Å². The van der Waals surface area contributed by atoms with E-state index in [0.29, 0.717) is 0 Å². The highest BCUT2D eigenvalue weighted by Crippen LogP contribution is 2.25. The molecule has 0 saturated carbocycles. The van der Waals surface area contributed by atoms with E-state index >= 15 is 0 Å². The largest absolute Gasteiger partial charge is 0.371 e. The van der Waals surface area contributed by atoms with Crippen molar-refractivity contribution in [3.8, 4) is 0 Å². The van der Waals surface area contributed by atoms with E-state index in [1.165, 1.54) is 43.2 Å². The molecule has 1 saturated heterocycles. The van der Waals surface area contributed by atoms with Crippen LogP contribution in [0.2, 0.25) is 0 Å². The number of nitrogens with zero attached hydrogens (tertiary/aromatic N) is 1. The first-order valence-corrected chi connectivity index (χ1v) is 9.79. The van der Waals surface area contributed by atoms with E-state index in [-0.39, 0.29) is 5.91 Å². The Balaban J connectivity index is 1.54. The van der Waals surface area contributed by atoms with Gasteiger partial charge in [-0.2, -0.15) is 0 Å². The van der Waals surface area contributed by atoms with Crippen molar-refractivity contribution in [1.29, 1.82) is 0 Å². The fourth-order valence-corrected chi connectivity index (χ4v) is 4.00. The van der Waals surface area contributed by atoms with Crippen LogP contribution in [0.3, 0.4) is 0 Å². The van der Waals surface area contributed by atoms with Crippen LogP contribution in [0.5, 0.6) is 0 Å². The number of fused-ring (bicyclic) bond motifs is 1. The van der Waals surface area contributed by atoms with Crippen LogP contribution in [0.25, 0.3) is 0 Å². The monoisotopic (exact) mass is 349 g/mol. The molecule has 0 unspecified atom stereocenters. The molecule has 2 aromatic rings. The Kier molecular flexibility index (Phi) is 5.21. The smallest absolute Gasteiger partial charge is 0.257 e. The molecule has 1 fully saturated rings.